The Balaban J connectivity index is 1.68. The summed E-state index contributed by atoms with van der Waals surface area (Å²) >= 11 is 0. The first-order valence-electron chi connectivity index (χ1n) is 8.72. The Morgan fingerprint density at radius 3 is 2.57 bits per heavy atom. The highest BCUT2D eigenvalue weighted by Crippen LogP contribution is 2.30. The van der Waals surface area contributed by atoms with Crippen LogP contribution in [0.15, 0.2) is 48.5 Å². The average Bonchev–Trinajstić information content (AvgIpc) is 2.93. The molecule has 1 amide bonds. The highest BCUT2D eigenvalue weighted by atomic mass is 19.4. The van der Waals surface area contributed by atoms with Gasteiger partial charge in [-0.25, -0.2) is 0 Å². The van der Waals surface area contributed by atoms with Gasteiger partial charge in [0.1, 0.15) is 17.6 Å². The van der Waals surface area contributed by atoms with E-state index < -0.39 is 17.8 Å². The predicted octanol–water partition coefficient (Wildman–Crippen LogP) is 3.63. The molecule has 1 saturated heterocycles. The average molecular weight is 395 g/mol. The number of methoxy groups -OCH3 is 1. The van der Waals surface area contributed by atoms with E-state index >= 15 is 0 Å². The first-order chi connectivity index (χ1) is 13.4. The third-order valence-corrected chi connectivity index (χ3v) is 4.32. The fraction of sp³-hybridized carbons (Fsp3) is 0.350. The van der Waals surface area contributed by atoms with Crippen molar-refractivity contribution in [1.29, 1.82) is 0 Å². The van der Waals surface area contributed by atoms with Crippen LogP contribution in [0.3, 0.4) is 0 Å². The third kappa shape index (κ3) is 4.95. The number of rotatable bonds is 4. The molecule has 0 aliphatic carbocycles. The second-order valence-corrected chi connectivity index (χ2v) is 6.32. The fourth-order valence-electron chi connectivity index (χ4n) is 2.89. The maximum absolute atomic E-state index is 12.8. The van der Waals surface area contributed by atoms with Crippen LogP contribution in [-0.2, 0) is 10.9 Å². The van der Waals surface area contributed by atoms with Gasteiger partial charge in [0, 0.05) is 12.1 Å². The van der Waals surface area contributed by atoms with Crippen LogP contribution in [0, 0.1) is 0 Å². The van der Waals surface area contributed by atoms with Gasteiger partial charge in [-0.3, -0.25) is 4.79 Å². The van der Waals surface area contributed by atoms with Gasteiger partial charge >= 0.3 is 6.18 Å². The molecule has 0 radical (unpaired) electrons. The summed E-state index contributed by atoms with van der Waals surface area (Å²) in [6.45, 7) is 1.24. The minimum atomic E-state index is -4.40. The molecule has 1 aliphatic heterocycles. The normalized spacial score (nSPS) is 17.7. The molecule has 2 aromatic rings. The Labute approximate surface area is 160 Å². The number of benzene rings is 2. The number of hydrogen-bond acceptors (Lipinski definition) is 4. The zero-order valence-corrected chi connectivity index (χ0v) is 15.2. The molecule has 0 saturated carbocycles. The minimum Gasteiger partial charge on any atom is -0.497 e. The number of nitrogens with zero attached hydrogens (tertiary/aromatic N) is 1. The Morgan fingerprint density at radius 2 is 1.89 bits per heavy atom. The molecule has 0 spiro atoms. The van der Waals surface area contributed by atoms with Crippen molar-refractivity contribution in [3.8, 4) is 11.5 Å². The van der Waals surface area contributed by atoms with E-state index in [2.05, 4.69) is 0 Å². The summed E-state index contributed by atoms with van der Waals surface area (Å²) in [5, 5.41) is 0. The highest BCUT2D eigenvalue weighted by molar-refractivity contribution is 5.94. The zero-order chi connectivity index (χ0) is 20.1. The molecule has 1 fully saturated rings. The molecule has 0 aromatic heterocycles. The summed E-state index contributed by atoms with van der Waals surface area (Å²) in [7, 11) is 1.53. The van der Waals surface area contributed by atoms with Crippen molar-refractivity contribution in [1.82, 2.24) is 4.90 Å². The van der Waals surface area contributed by atoms with Crippen LogP contribution < -0.4 is 9.47 Å². The van der Waals surface area contributed by atoms with Gasteiger partial charge in [-0.05, 0) is 42.5 Å². The van der Waals surface area contributed by atoms with E-state index in [-0.39, 0.29) is 24.8 Å². The molecular weight excluding hydrogens is 375 g/mol. The number of alkyl halides is 3. The van der Waals surface area contributed by atoms with Gasteiger partial charge in [0.25, 0.3) is 5.91 Å². The summed E-state index contributed by atoms with van der Waals surface area (Å²) in [5.74, 6) is 0.678. The van der Waals surface area contributed by atoms with Crippen molar-refractivity contribution in [3.05, 3.63) is 59.7 Å². The molecule has 1 heterocycles. The van der Waals surface area contributed by atoms with Crippen LogP contribution in [0.4, 0.5) is 13.2 Å². The summed E-state index contributed by atoms with van der Waals surface area (Å²) in [6.07, 6.45) is -4.89. The molecule has 3 rings (SSSR count). The zero-order valence-electron chi connectivity index (χ0n) is 15.2. The Kier molecular flexibility index (Phi) is 6.08. The summed E-state index contributed by atoms with van der Waals surface area (Å²) in [6, 6.07) is 11.3. The lowest BCUT2D eigenvalue weighted by Crippen LogP contribution is -2.40. The van der Waals surface area contributed by atoms with Gasteiger partial charge in [0.15, 0.2) is 0 Å². The molecule has 1 unspecified atom stereocenters. The molecule has 1 atom stereocenters. The molecular formula is C20H20F3NO4. The van der Waals surface area contributed by atoms with Crippen LogP contribution in [-0.4, -0.2) is 50.3 Å². The maximum Gasteiger partial charge on any atom is 0.416 e. The van der Waals surface area contributed by atoms with Crippen molar-refractivity contribution in [2.45, 2.75) is 12.3 Å². The molecule has 0 N–H and O–H groups in total. The van der Waals surface area contributed by atoms with Crippen LogP contribution in [0.1, 0.15) is 15.9 Å². The molecule has 28 heavy (non-hydrogen) atoms. The SMILES string of the molecule is COc1cccc(C(=O)N2CCOCC(Oc3ccc(C(F)(F)F)cc3)C2)c1. The van der Waals surface area contributed by atoms with Crippen LogP contribution in [0.2, 0.25) is 0 Å². The fourth-order valence-corrected chi connectivity index (χ4v) is 2.89. The highest BCUT2D eigenvalue weighted by Gasteiger charge is 2.30. The number of ether oxygens (including phenoxy) is 3. The first kappa shape index (κ1) is 20.0. The smallest absolute Gasteiger partial charge is 0.416 e. The third-order valence-electron chi connectivity index (χ3n) is 4.32. The van der Waals surface area contributed by atoms with E-state index in [0.29, 0.717) is 24.5 Å². The molecule has 0 bridgehead atoms. The molecule has 5 nitrogen and oxygen atoms in total. The van der Waals surface area contributed by atoms with E-state index in [4.69, 9.17) is 14.2 Å². The van der Waals surface area contributed by atoms with E-state index in [9.17, 15) is 18.0 Å². The Hall–Kier alpha value is -2.74. The monoisotopic (exact) mass is 395 g/mol. The molecule has 8 heteroatoms. The lowest BCUT2D eigenvalue weighted by molar-refractivity contribution is -0.137. The first-order valence-corrected chi connectivity index (χ1v) is 8.72. The number of carbonyl (C=O) groups excluding carboxylic acids is 1. The van der Waals surface area contributed by atoms with Gasteiger partial charge in [0.2, 0.25) is 0 Å². The van der Waals surface area contributed by atoms with Gasteiger partial charge < -0.3 is 19.1 Å². The maximum atomic E-state index is 12.8. The van der Waals surface area contributed by atoms with Crippen molar-refractivity contribution >= 4 is 5.91 Å². The van der Waals surface area contributed by atoms with E-state index in [0.717, 1.165) is 12.1 Å². The second-order valence-electron chi connectivity index (χ2n) is 6.32. The van der Waals surface area contributed by atoms with Crippen molar-refractivity contribution in [3.63, 3.8) is 0 Å². The summed E-state index contributed by atoms with van der Waals surface area (Å²) in [4.78, 5) is 14.4. The van der Waals surface area contributed by atoms with Crippen molar-refractivity contribution in [2.24, 2.45) is 0 Å². The number of carbonyl (C=O) groups is 1. The summed E-state index contributed by atoms with van der Waals surface area (Å²) < 4.78 is 54.4. The molecule has 150 valence electrons. The minimum absolute atomic E-state index is 0.189. The Morgan fingerprint density at radius 1 is 1.14 bits per heavy atom. The standard InChI is InChI=1S/C20H20F3NO4/c1-26-17-4-2-3-14(11-17)19(25)24-9-10-27-13-18(12-24)28-16-7-5-15(6-8-16)20(21,22)23/h2-8,11,18H,9-10,12-13H2,1H3. The number of hydrogen-bond donors (Lipinski definition) is 0. The topological polar surface area (TPSA) is 48.0 Å². The van der Waals surface area contributed by atoms with Crippen LogP contribution in [0.5, 0.6) is 11.5 Å². The van der Waals surface area contributed by atoms with Crippen molar-refractivity contribution in [2.75, 3.05) is 33.4 Å². The number of halogens is 3. The van der Waals surface area contributed by atoms with Gasteiger partial charge in [-0.2, -0.15) is 13.2 Å². The summed E-state index contributed by atoms with van der Waals surface area (Å²) in [5.41, 5.74) is -0.263. The molecule has 1 aliphatic rings. The van der Waals surface area contributed by atoms with Crippen LogP contribution in [0.25, 0.3) is 0 Å². The predicted molar refractivity (Wildman–Crippen MR) is 95.6 cm³/mol. The van der Waals surface area contributed by atoms with E-state index in [1.54, 1.807) is 29.2 Å². The van der Waals surface area contributed by atoms with E-state index in [1.807, 2.05) is 0 Å². The lowest BCUT2D eigenvalue weighted by Gasteiger charge is -2.24. The Bertz CT molecular complexity index is 808. The second kappa shape index (κ2) is 8.52. The largest absolute Gasteiger partial charge is 0.497 e. The van der Waals surface area contributed by atoms with Gasteiger partial charge in [-0.15, -0.1) is 0 Å². The van der Waals surface area contributed by atoms with Gasteiger partial charge in [-0.1, -0.05) is 6.07 Å². The van der Waals surface area contributed by atoms with Crippen LogP contribution >= 0.6 is 0 Å². The quantitative estimate of drug-likeness (QED) is 0.793. The van der Waals surface area contributed by atoms with Gasteiger partial charge in [0.05, 0.1) is 32.4 Å². The number of amides is 1. The lowest BCUT2D eigenvalue weighted by atomic mass is 10.1. The van der Waals surface area contributed by atoms with E-state index in [1.165, 1.54) is 19.2 Å². The molecule has 2 aromatic carbocycles. The van der Waals surface area contributed by atoms with Crippen molar-refractivity contribution < 1.29 is 32.2 Å².